The van der Waals surface area contributed by atoms with E-state index >= 15 is 0 Å². The maximum absolute atomic E-state index is 11.4. The second-order valence-electron chi connectivity index (χ2n) is 4.77. The Morgan fingerprint density at radius 2 is 1.74 bits per heavy atom. The van der Waals surface area contributed by atoms with Gasteiger partial charge in [0.05, 0.1) is 16.3 Å². The number of hydrogen-bond donors (Lipinski definition) is 1. The molecule has 23 heavy (non-hydrogen) atoms. The van der Waals surface area contributed by atoms with E-state index in [4.69, 9.17) is 0 Å². The van der Waals surface area contributed by atoms with E-state index in [1.54, 1.807) is 0 Å². The lowest BCUT2D eigenvalue weighted by Crippen LogP contribution is -2.07. The number of non-ortho nitro benzene ring substituents is 1. The van der Waals surface area contributed by atoms with Crippen molar-refractivity contribution in [3.05, 3.63) is 76.5 Å². The van der Waals surface area contributed by atoms with E-state index in [-0.39, 0.29) is 11.4 Å². The van der Waals surface area contributed by atoms with Gasteiger partial charge in [0.2, 0.25) is 0 Å². The summed E-state index contributed by atoms with van der Waals surface area (Å²) >= 11 is 0. The van der Waals surface area contributed by atoms with Gasteiger partial charge in [-0.2, -0.15) is 5.10 Å². The number of nitrogens with zero attached hydrogens (tertiary/aromatic N) is 3. The molecule has 0 bridgehead atoms. The minimum atomic E-state index is -1.13. The Balaban J connectivity index is 2.09. The number of aromatic nitrogens is 2. The first-order valence-electron chi connectivity index (χ1n) is 6.70. The maximum Gasteiger partial charge on any atom is 0.354 e. The second kappa shape index (κ2) is 5.72. The predicted octanol–water partition coefficient (Wildman–Crippen LogP) is 3.15. The number of carboxylic acids is 1. The molecule has 1 aromatic heterocycles. The van der Waals surface area contributed by atoms with Gasteiger partial charge in [0.1, 0.15) is 0 Å². The van der Waals surface area contributed by atoms with Crippen LogP contribution >= 0.6 is 0 Å². The Morgan fingerprint density at radius 3 is 2.30 bits per heavy atom. The Morgan fingerprint density at radius 1 is 1.09 bits per heavy atom. The van der Waals surface area contributed by atoms with Crippen LogP contribution in [0.3, 0.4) is 0 Å². The van der Waals surface area contributed by atoms with E-state index in [9.17, 15) is 20.0 Å². The van der Waals surface area contributed by atoms with Gasteiger partial charge in [-0.25, -0.2) is 9.48 Å². The molecule has 0 spiro atoms. The van der Waals surface area contributed by atoms with Crippen LogP contribution in [0.25, 0.3) is 16.9 Å². The number of benzene rings is 2. The lowest BCUT2D eigenvalue weighted by molar-refractivity contribution is -0.384. The molecule has 0 fully saturated rings. The molecule has 2 aromatic carbocycles. The van der Waals surface area contributed by atoms with Crippen LogP contribution < -0.4 is 0 Å². The van der Waals surface area contributed by atoms with Gasteiger partial charge in [-0.05, 0) is 18.2 Å². The van der Waals surface area contributed by atoms with Gasteiger partial charge in [-0.3, -0.25) is 10.1 Å². The highest BCUT2D eigenvalue weighted by atomic mass is 16.6. The van der Waals surface area contributed by atoms with Gasteiger partial charge in [0.15, 0.2) is 5.69 Å². The van der Waals surface area contributed by atoms with Crippen LogP contribution in [0.5, 0.6) is 0 Å². The van der Waals surface area contributed by atoms with Crippen molar-refractivity contribution in [3.63, 3.8) is 0 Å². The molecular formula is C16H11N3O4. The third-order valence-electron chi connectivity index (χ3n) is 3.30. The van der Waals surface area contributed by atoms with Crippen molar-refractivity contribution in [1.82, 2.24) is 9.78 Å². The summed E-state index contributed by atoms with van der Waals surface area (Å²) < 4.78 is 1.26. The number of carboxylic acid groups (broad SMARTS) is 1. The minimum absolute atomic E-state index is 0.0160. The topological polar surface area (TPSA) is 98.3 Å². The highest BCUT2D eigenvalue weighted by Crippen LogP contribution is 2.22. The second-order valence-corrected chi connectivity index (χ2v) is 4.77. The summed E-state index contributed by atoms with van der Waals surface area (Å²) in [5.74, 6) is -1.13. The quantitative estimate of drug-likeness (QED) is 0.589. The number of rotatable bonds is 4. The number of hydrogen-bond acceptors (Lipinski definition) is 4. The van der Waals surface area contributed by atoms with Gasteiger partial charge in [0, 0.05) is 17.7 Å². The van der Waals surface area contributed by atoms with Crippen molar-refractivity contribution < 1.29 is 14.8 Å². The Labute approximate surface area is 130 Å². The zero-order valence-electron chi connectivity index (χ0n) is 11.8. The third kappa shape index (κ3) is 2.80. The minimum Gasteiger partial charge on any atom is -0.477 e. The molecule has 0 aliphatic rings. The average molecular weight is 309 g/mol. The Hall–Kier alpha value is -3.48. The summed E-state index contributed by atoms with van der Waals surface area (Å²) in [5.41, 5.74) is 1.66. The fraction of sp³-hybridized carbons (Fsp3) is 0. The van der Waals surface area contributed by atoms with Gasteiger partial charge < -0.3 is 5.11 Å². The molecule has 114 valence electrons. The molecule has 0 saturated carbocycles. The maximum atomic E-state index is 11.4. The molecule has 0 atom stereocenters. The number of carbonyl (C=O) groups is 1. The SMILES string of the molecule is O=C(O)c1cc(-c2ccccc2)nn1-c1ccc([N+](=O)[O-])cc1. The molecule has 1 N–H and O–H groups in total. The first kappa shape index (κ1) is 14.5. The highest BCUT2D eigenvalue weighted by Gasteiger charge is 2.17. The van der Waals surface area contributed by atoms with E-state index in [1.807, 2.05) is 30.3 Å². The van der Waals surface area contributed by atoms with E-state index in [0.717, 1.165) is 5.56 Å². The first-order valence-corrected chi connectivity index (χ1v) is 6.70. The predicted molar refractivity (Wildman–Crippen MR) is 82.6 cm³/mol. The van der Waals surface area contributed by atoms with Crippen molar-refractivity contribution in [1.29, 1.82) is 0 Å². The smallest absolute Gasteiger partial charge is 0.354 e. The van der Waals surface area contributed by atoms with Crippen LogP contribution in [0.15, 0.2) is 60.7 Å². The Kier molecular flexibility index (Phi) is 3.60. The summed E-state index contributed by atoms with van der Waals surface area (Å²) in [6, 6.07) is 16.2. The zero-order chi connectivity index (χ0) is 16.4. The molecule has 0 saturated heterocycles. The van der Waals surface area contributed by atoms with E-state index in [1.165, 1.54) is 35.0 Å². The van der Waals surface area contributed by atoms with Gasteiger partial charge in [-0.1, -0.05) is 30.3 Å². The fourth-order valence-electron chi connectivity index (χ4n) is 2.20. The number of aromatic carboxylic acids is 1. The number of nitro benzene ring substituents is 1. The summed E-state index contributed by atoms with van der Waals surface area (Å²) in [4.78, 5) is 21.6. The standard InChI is InChI=1S/C16H11N3O4/c20-16(21)15-10-14(11-4-2-1-3-5-11)17-18(15)12-6-8-13(9-7-12)19(22)23/h1-10H,(H,20,21). The van der Waals surface area contributed by atoms with E-state index < -0.39 is 10.9 Å². The zero-order valence-corrected chi connectivity index (χ0v) is 11.8. The summed E-state index contributed by atoms with van der Waals surface area (Å²) in [6.07, 6.45) is 0. The molecule has 7 nitrogen and oxygen atoms in total. The molecule has 3 aromatic rings. The van der Waals surface area contributed by atoms with Crippen LogP contribution in [0.1, 0.15) is 10.5 Å². The highest BCUT2D eigenvalue weighted by molar-refractivity contribution is 5.88. The van der Waals surface area contributed by atoms with E-state index in [0.29, 0.717) is 11.4 Å². The van der Waals surface area contributed by atoms with Crippen LogP contribution in [0.4, 0.5) is 5.69 Å². The Bertz CT molecular complexity index is 870. The van der Waals surface area contributed by atoms with Gasteiger partial charge in [0.25, 0.3) is 5.69 Å². The third-order valence-corrected chi connectivity index (χ3v) is 3.30. The molecule has 0 amide bonds. The molecule has 7 heteroatoms. The summed E-state index contributed by atoms with van der Waals surface area (Å²) in [5, 5.41) is 24.4. The average Bonchev–Trinajstić information content (AvgIpc) is 3.01. The van der Waals surface area contributed by atoms with Crippen molar-refractivity contribution in [2.75, 3.05) is 0 Å². The molecule has 1 heterocycles. The van der Waals surface area contributed by atoms with E-state index in [2.05, 4.69) is 5.10 Å². The first-order chi connectivity index (χ1) is 11.1. The molecule has 0 aliphatic carbocycles. The van der Waals surface area contributed by atoms with Crippen LogP contribution in [-0.4, -0.2) is 25.8 Å². The normalized spacial score (nSPS) is 10.4. The van der Waals surface area contributed by atoms with Crippen LogP contribution in [-0.2, 0) is 0 Å². The van der Waals surface area contributed by atoms with Crippen LogP contribution in [0.2, 0.25) is 0 Å². The van der Waals surface area contributed by atoms with Crippen molar-refractivity contribution >= 4 is 11.7 Å². The molecule has 0 radical (unpaired) electrons. The van der Waals surface area contributed by atoms with Crippen LogP contribution in [0, 0.1) is 10.1 Å². The van der Waals surface area contributed by atoms with Gasteiger partial charge >= 0.3 is 5.97 Å². The molecule has 3 rings (SSSR count). The molecular weight excluding hydrogens is 298 g/mol. The van der Waals surface area contributed by atoms with Crippen molar-refractivity contribution in [2.45, 2.75) is 0 Å². The summed E-state index contributed by atoms with van der Waals surface area (Å²) in [7, 11) is 0. The fourth-order valence-corrected chi connectivity index (χ4v) is 2.20. The lowest BCUT2D eigenvalue weighted by Gasteiger charge is -2.03. The largest absolute Gasteiger partial charge is 0.477 e. The summed E-state index contributed by atoms with van der Waals surface area (Å²) in [6.45, 7) is 0. The molecule has 0 aliphatic heterocycles. The number of nitro groups is 1. The van der Waals surface area contributed by atoms with Gasteiger partial charge in [-0.15, -0.1) is 0 Å². The van der Waals surface area contributed by atoms with Crippen molar-refractivity contribution in [3.8, 4) is 16.9 Å². The monoisotopic (exact) mass is 309 g/mol. The lowest BCUT2D eigenvalue weighted by atomic mass is 10.1. The molecule has 0 unspecified atom stereocenters. The van der Waals surface area contributed by atoms with Crippen molar-refractivity contribution in [2.24, 2.45) is 0 Å².